The van der Waals surface area contributed by atoms with Gasteiger partial charge in [0.1, 0.15) is 11.3 Å². The van der Waals surface area contributed by atoms with Gasteiger partial charge in [0.2, 0.25) is 0 Å². The first-order valence-corrected chi connectivity index (χ1v) is 9.30. The van der Waals surface area contributed by atoms with Crippen LogP contribution >= 0.6 is 23.2 Å². The van der Waals surface area contributed by atoms with E-state index in [1.807, 2.05) is 24.3 Å². The molecule has 148 valence electrons. The second-order valence-corrected chi connectivity index (χ2v) is 6.77. The summed E-state index contributed by atoms with van der Waals surface area (Å²) in [4.78, 5) is 12.1. The predicted octanol–water partition coefficient (Wildman–Crippen LogP) is 5.89. The molecule has 0 amide bonds. The van der Waals surface area contributed by atoms with Crippen molar-refractivity contribution in [3.8, 4) is 11.3 Å². The molecule has 1 aromatic heterocycles. The number of carbonyl (C=O) groups excluding carboxylic acids is 1. The lowest BCUT2D eigenvalue weighted by molar-refractivity contribution is -0.133. The number of carbonyl (C=O) groups is 1. The van der Waals surface area contributed by atoms with Crippen LogP contribution in [0.4, 0.5) is 0 Å². The molecule has 0 fully saturated rings. The molecule has 5 nitrogen and oxygen atoms in total. The highest BCUT2D eigenvalue weighted by atomic mass is 35.5. The standard InChI is InChI=1S/C22H17Cl2NO4/c1-27-13-18(22(26)28-2)17-6-4-3-5-15(17)11-19(24)21-12-20(25-29-21)14-7-9-16(23)10-8-14/h3-13H,1-2H3/b18-13-,19-11-. The first kappa shape index (κ1) is 20.7. The highest BCUT2D eigenvalue weighted by molar-refractivity contribution is 6.51. The molecule has 0 saturated carbocycles. The van der Waals surface area contributed by atoms with Crippen LogP contribution in [0.1, 0.15) is 16.9 Å². The first-order chi connectivity index (χ1) is 14.0. The number of halogens is 2. The summed E-state index contributed by atoms with van der Waals surface area (Å²) in [6.07, 6.45) is 3.02. The zero-order valence-corrected chi connectivity index (χ0v) is 17.2. The summed E-state index contributed by atoms with van der Waals surface area (Å²) in [5.41, 5.74) is 3.05. The smallest absolute Gasteiger partial charge is 0.341 e. The molecule has 0 unspecified atom stereocenters. The second kappa shape index (κ2) is 9.45. The van der Waals surface area contributed by atoms with Crippen LogP contribution in [-0.4, -0.2) is 25.3 Å². The summed E-state index contributed by atoms with van der Waals surface area (Å²) in [6.45, 7) is 0. The van der Waals surface area contributed by atoms with Crippen molar-refractivity contribution >= 4 is 45.9 Å². The van der Waals surface area contributed by atoms with Gasteiger partial charge in [-0.05, 0) is 29.3 Å². The third-order valence-electron chi connectivity index (χ3n) is 4.06. The van der Waals surface area contributed by atoms with Crippen LogP contribution in [-0.2, 0) is 14.3 Å². The highest BCUT2D eigenvalue weighted by Gasteiger charge is 2.17. The van der Waals surface area contributed by atoms with Crippen molar-refractivity contribution in [3.05, 3.63) is 82.8 Å². The molecule has 0 aliphatic carbocycles. The Labute approximate surface area is 178 Å². The molecule has 7 heteroatoms. The lowest BCUT2D eigenvalue weighted by Crippen LogP contribution is -2.05. The fourth-order valence-corrected chi connectivity index (χ4v) is 3.00. The van der Waals surface area contributed by atoms with Gasteiger partial charge in [0.15, 0.2) is 5.76 Å². The third kappa shape index (κ3) is 4.88. The molecule has 2 aromatic carbocycles. The average molecular weight is 430 g/mol. The van der Waals surface area contributed by atoms with Gasteiger partial charge in [0.25, 0.3) is 0 Å². The number of nitrogens with zero attached hydrogens (tertiary/aromatic N) is 1. The Morgan fingerprint density at radius 1 is 1.10 bits per heavy atom. The van der Waals surface area contributed by atoms with E-state index in [0.717, 1.165) is 5.56 Å². The van der Waals surface area contributed by atoms with Crippen molar-refractivity contribution in [1.29, 1.82) is 0 Å². The van der Waals surface area contributed by atoms with Gasteiger partial charge in [-0.25, -0.2) is 4.79 Å². The topological polar surface area (TPSA) is 61.6 Å². The largest absolute Gasteiger partial charge is 0.503 e. The molecule has 1 heterocycles. The van der Waals surface area contributed by atoms with E-state index in [1.165, 1.54) is 20.5 Å². The number of rotatable bonds is 6. The maximum Gasteiger partial charge on any atom is 0.341 e. The maximum absolute atomic E-state index is 12.1. The van der Waals surface area contributed by atoms with E-state index < -0.39 is 5.97 Å². The van der Waals surface area contributed by atoms with Gasteiger partial charge >= 0.3 is 5.97 Å². The quantitative estimate of drug-likeness (QED) is 0.277. The molecular weight excluding hydrogens is 413 g/mol. The van der Waals surface area contributed by atoms with E-state index in [-0.39, 0.29) is 5.57 Å². The Morgan fingerprint density at radius 2 is 1.83 bits per heavy atom. The highest BCUT2D eigenvalue weighted by Crippen LogP contribution is 2.30. The molecule has 0 bridgehead atoms. The molecule has 0 saturated heterocycles. The number of benzene rings is 2. The molecule has 0 N–H and O–H groups in total. The van der Waals surface area contributed by atoms with Crippen LogP contribution < -0.4 is 0 Å². The molecule has 29 heavy (non-hydrogen) atoms. The van der Waals surface area contributed by atoms with Crippen molar-refractivity contribution in [1.82, 2.24) is 5.16 Å². The minimum Gasteiger partial charge on any atom is -0.503 e. The SMILES string of the molecule is CO/C=C(\C(=O)OC)c1ccccc1/C=C(\Cl)c1cc(-c2ccc(Cl)cc2)no1. The number of methoxy groups -OCH3 is 2. The number of ether oxygens (including phenoxy) is 2. The molecule has 0 aliphatic rings. The van der Waals surface area contributed by atoms with Gasteiger partial charge in [-0.1, -0.05) is 64.8 Å². The Hall–Kier alpha value is -3.02. The van der Waals surface area contributed by atoms with Crippen molar-refractivity contribution in [2.24, 2.45) is 0 Å². The van der Waals surface area contributed by atoms with E-state index in [0.29, 0.717) is 32.6 Å². The zero-order chi connectivity index (χ0) is 20.8. The van der Waals surface area contributed by atoms with Crippen molar-refractivity contribution in [3.63, 3.8) is 0 Å². The maximum atomic E-state index is 12.1. The van der Waals surface area contributed by atoms with Crippen molar-refractivity contribution in [2.45, 2.75) is 0 Å². The Kier molecular flexibility index (Phi) is 6.75. The van der Waals surface area contributed by atoms with E-state index >= 15 is 0 Å². The van der Waals surface area contributed by atoms with Gasteiger partial charge in [0, 0.05) is 16.7 Å². The fourth-order valence-electron chi connectivity index (χ4n) is 2.67. The van der Waals surface area contributed by atoms with E-state index in [4.69, 9.17) is 37.2 Å². The van der Waals surface area contributed by atoms with Gasteiger partial charge in [-0.3, -0.25) is 0 Å². The molecule has 0 radical (unpaired) electrons. The van der Waals surface area contributed by atoms with Crippen LogP contribution in [0, 0.1) is 0 Å². The van der Waals surface area contributed by atoms with Crippen LogP contribution in [0.15, 0.2) is 65.4 Å². The van der Waals surface area contributed by atoms with Gasteiger partial charge in [-0.2, -0.15) is 0 Å². The summed E-state index contributed by atoms with van der Waals surface area (Å²) in [6, 6.07) is 16.2. The minimum atomic E-state index is -0.520. The number of hydrogen-bond donors (Lipinski definition) is 0. The lowest BCUT2D eigenvalue weighted by Gasteiger charge is -2.09. The third-order valence-corrected chi connectivity index (χ3v) is 4.61. The predicted molar refractivity (Wildman–Crippen MR) is 114 cm³/mol. The Balaban J connectivity index is 1.96. The van der Waals surface area contributed by atoms with Gasteiger partial charge in [-0.15, -0.1) is 0 Å². The summed E-state index contributed by atoms with van der Waals surface area (Å²) >= 11 is 12.4. The van der Waals surface area contributed by atoms with E-state index in [1.54, 1.807) is 36.4 Å². The lowest BCUT2D eigenvalue weighted by atomic mass is 10.00. The van der Waals surface area contributed by atoms with Crippen molar-refractivity contribution in [2.75, 3.05) is 14.2 Å². The van der Waals surface area contributed by atoms with E-state index in [9.17, 15) is 4.79 Å². The Bertz CT molecular complexity index is 1070. The minimum absolute atomic E-state index is 0.269. The molecule has 0 atom stereocenters. The zero-order valence-electron chi connectivity index (χ0n) is 15.7. The number of esters is 1. The molecule has 0 spiro atoms. The first-order valence-electron chi connectivity index (χ1n) is 8.54. The molecule has 3 rings (SSSR count). The fraction of sp³-hybridized carbons (Fsp3) is 0.0909. The summed E-state index contributed by atoms with van der Waals surface area (Å²) in [7, 11) is 2.77. The Morgan fingerprint density at radius 3 is 2.52 bits per heavy atom. The van der Waals surface area contributed by atoms with Crippen LogP contribution in [0.3, 0.4) is 0 Å². The molecular formula is C22H17Cl2NO4. The number of aromatic nitrogens is 1. The monoisotopic (exact) mass is 429 g/mol. The van der Waals surface area contributed by atoms with E-state index in [2.05, 4.69) is 5.16 Å². The second-order valence-electron chi connectivity index (χ2n) is 5.92. The molecule has 0 aliphatic heterocycles. The molecule has 3 aromatic rings. The summed E-state index contributed by atoms with van der Waals surface area (Å²) < 4.78 is 15.3. The number of hydrogen-bond acceptors (Lipinski definition) is 5. The summed E-state index contributed by atoms with van der Waals surface area (Å²) in [5, 5.41) is 5.02. The summed E-state index contributed by atoms with van der Waals surface area (Å²) in [5.74, 6) is -0.129. The average Bonchev–Trinajstić information content (AvgIpc) is 3.23. The van der Waals surface area contributed by atoms with Gasteiger partial charge in [0.05, 0.1) is 25.5 Å². The van der Waals surface area contributed by atoms with Crippen LogP contribution in [0.25, 0.3) is 27.9 Å². The van der Waals surface area contributed by atoms with Gasteiger partial charge < -0.3 is 14.0 Å². The van der Waals surface area contributed by atoms with Crippen molar-refractivity contribution < 1.29 is 18.8 Å². The van der Waals surface area contributed by atoms with Crippen LogP contribution in [0.5, 0.6) is 0 Å². The van der Waals surface area contributed by atoms with Crippen LogP contribution in [0.2, 0.25) is 5.02 Å². The normalized spacial score (nSPS) is 12.0.